The summed E-state index contributed by atoms with van der Waals surface area (Å²) in [7, 11) is 0. The Kier molecular flexibility index (Phi) is 6.87. The zero-order valence-electron chi connectivity index (χ0n) is 19.9. The standard InChI is InChI=1S/C25H27N7O4/c1-17-8-9-21(36-17)24-28-30-32(29-24)16-22(33)31(15-20-7-4-14-35-20)23(18-10-12-26-13-11-18)25(34)27-19-5-2-3-6-19/h4,7-14,19,23H,2-3,5-6,15-16H2,1H3,(H,27,34)/t23-/m0/s1. The minimum Gasteiger partial charge on any atom is -0.467 e. The molecule has 4 aromatic heterocycles. The highest BCUT2D eigenvalue weighted by molar-refractivity contribution is 5.88. The molecule has 1 aliphatic carbocycles. The van der Waals surface area contributed by atoms with Gasteiger partial charge >= 0.3 is 0 Å². The zero-order valence-corrected chi connectivity index (χ0v) is 19.9. The van der Waals surface area contributed by atoms with Gasteiger partial charge in [-0.2, -0.15) is 4.80 Å². The summed E-state index contributed by atoms with van der Waals surface area (Å²) in [6.07, 6.45) is 8.77. The van der Waals surface area contributed by atoms with Gasteiger partial charge in [0.2, 0.25) is 17.6 Å². The fourth-order valence-electron chi connectivity index (χ4n) is 4.44. The van der Waals surface area contributed by atoms with Crippen molar-refractivity contribution in [3.63, 3.8) is 0 Å². The maximum absolute atomic E-state index is 13.7. The normalized spacial score (nSPS) is 14.6. The molecule has 1 saturated carbocycles. The molecule has 1 aliphatic rings. The van der Waals surface area contributed by atoms with Crippen molar-refractivity contribution in [2.75, 3.05) is 0 Å². The van der Waals surface area contributed by atoms with E-state index >= 15 is 0 Å². The number of carbonyl (C=O) groups is 2. The first-order chi connectivity index (χ1) is 17.6. The number of aryl methyl sites for hydroxylation is 1. The number of hydrogen-bond acceptors (Lipinski definition) is 8. The van der Waals surface area contributed by atoms with Crippen LogP contribution in [0.2, 0.25) is 0 Å². The molecule has 0 spiro atoms. The van der Waals surface area contributed by atoms with Crippen LogP contribution in [0.15, 0.2) is 63.9 Å². The molecule has 0 radical (unpaired) electrons. The second-order valence-electron chi connectivity index (χ2n) is 8.83. The average Bonchev–Trinajstić information content (AvgIpc) is 3.68. The first kappa shape index (κ1) is 23.5. The third kappa shape index (κ3) is 5.35. The Labute approximate surface area is 207 Å². The van der Waals surface area contributed by atoms with Crippen LogP contribution in [0.4, 0.5) is 0 Å². The van der Waals surface area contributed by atoms with Crippen LogP contribution in [0, 0.1) is 6.92 Å². The lowest BCUT2D eigenvalue weighted by atomic mass is 10.0. The van der Waals surface area contributed by atoms with E-state index in [0.29, 0.717) is 17.1 Å². The molecule has 11 nitrogen and oxygen atoms in total. The van der Waals surface area contributed by atoms with Crippen molar-refractivity contribution in [1.82, 2.24) is 35.4 Å². The molecular weight excluding hydrogens is 462 g/mol. The van der Waals surface area contributed by atoms with E-state index in [9.17, 15) is 9.59 Å². The summed E-state index contributed by atoms with van der Waals surface area (Å²) in [5, 5.41) is 15.5. The van der Waals surface area contributed by atoms with Gasteiger partial charge in [-0.1, -0.05) is 12.8 Å². The minimum absolute atomic E-state index is 0.0931. The van der Waals surface area contributed by atoms with Crippen molar-refractivity contribution < 1.29 is 18.4 Å². The molecule has 36 heavy (non-hydrogen) atoms. The van der Waals surface area contributed by atoms with E-state index in [1.54, 1.807) is 48.8 Å². The minimum atomic E-state index is -0.887. The predicted molar refractivity (Wildman–Crippen MR) is 127 cm³/mol. The topological polar surface area (TPSA) is 132 Å². The molecule has 0 saturated heterocycles. The van der Waals surface area contributed by atoms with E-state index in [0.717, 1.165) is 31.4 Å². The molecular formula is C25H27N7O4. The Hall–Kier alpha value is -4.28. The van der Waals surface area contributed by atoms with Crippen LogP contribution >= 0.6 is 0 Å². The Morgan fingerprint density at radius 3 is 2.67 bits per heavy atom. The van der Waals surface area contributed by atoms with E-state index in [1.807, 2.05) is 6.92 Å². The highest BCUT2D eigenvalue weighted by Gasteiger charge is 2.34. The number of hydrogen-bond donors (Lipinski definition) is 1. The molecule has 0 unspecified atom stereocenters. The van der Waals surface area contributed by atoms with Crippen molar-refractivity contribution in [2.24, 2.45) is 0 Å². The van der Waals surface area contributed by atoms with Crippen LogP contribution in [-0.2, 0) is 22.7 Å². The average molecular weight is 490 g/mol. The fourth-order valence-corrected chi connectivity index (χ4v) is 4.44. The number of aromatic nitrogens is 5. The SMILES string of the molecule is Cc1ccc(-c2nnn(CC(=O)N(Cc3ccco3)[C@H](C(=O)NC3CCCC3)c3ccncc3)n2)o1. The second-order valence-corrected chi connectivity index (χ2v) is 8.83. The summed E-state index contributed by atoms with van der Waals surface area (Å²) in [6.45, 7) is 1.70. The number of pyridine rings is 1. The van der Waals surface area contributed by atoms with Crippen molar-refractivity contribution >= 4 is 11.8 Å². The molecule has 5 rings (SSSR count). The summed E-state index contributed by atoms with van der Waals surface area (Å²) in [5.74, 6) is 1.40. The summed E-state index contributed by atoms with van der Waals surface area (Å²) in [6, 6.07) is 9.75. The molecule has 4 heterocycles. The number of furan rings is 2. The first-order valence-corrected chi connectivity index (χ1v) is 11.9. The molecule has 2 amide bonds. The lowest BCUT2D eigenvalue weighted by Crippen LogP contribution is -2.46. The van der Waals surface area contributed by atoms with Crippen molar-refractivity contribution in [3.8, 4) is 11.6 Å². The number of rotatable bonds is 9. The predicted octanol–water partition coefficient (Wildman–Crippen LogP) is 3.06. The van der Waals surface area contributed by atoms with Gasteiger partial charge in [0.1, 0.15) is 24.1 Å². The van der Waals surface area contributed by atoms with Gasteiger partial charge in [0, 0.05) is 18.4 Å². The van der Waals surface area contributed by atoms with E-state index in [4.69, 9.17) is 8.83 Å². The van der Waals surface area contributed by atoms with Crippen molar-refractivity contribution in [3.05, 3.63) is 72.1 Å². The highest BCUT2D eigenvalue weighted by atomic mass is 16.3. The molecule has 0 bridgehead atoms. The number of nitrogens with one attached hydrogen (secondary N) is 1. The third-order valence-electron chi connectivity index (χ3n) is 6.20. The Morgan fingerprint density at radius 1 is 1.17 bits per heavy atom. The molecule has 186 valence electrons. The second kappa shape index (κ2) is 10.5. The Balaban J connectivity index is 1.43. The van der Waals surface area contributed by atoms with Crippen molar-refractivity contribution in [2.45, 2.75) is 57.8 Å². The maximum atomic E-state index is 13.7. The van der Waals surface area contributed by atoms with Gasteiger partial charge in [-0.05, 0) is 66.9 Å². The largest absolute Gasteiger partial charge is 0.467 e. The third-order valence-corrected chi connectivity index (χ3v) is 6.20. The summed E-state index contributed by atoms with van der Waals surface area (Å²) < 4.78 is 11.1. The van der Waals surface area contributed by atoms with E-state index in [2.05, 4.69) is 25.7 Å². The first-order valence-electron chi connectivity index (χ1n) is 11.9. The monoisotopic (exact) mass is 489 g/mol. The molecule has 11 heteroatoms. The van der Waals surface area contributed by atoms with Gasteiger partial charge < -0.3 is 19.1 Å². The number of tetrazole rings is 1. The van der Waals surface area contributed by atoms with Crippen molar-refractivity contribution in [1.29, 1.82) is 0 Å². The summed E-state index contributed by atoms with van der Waals surface area (Å²) in [4.78, 5) is 34.0. The van der Waals surface area contributed by atoms with Gasteiger partial charge in [0.05, 0.1) is 12.8 Å². The maximum Gasteiger partial charge on any atom is 0.247 e. The fraction of sp³-hybridized carbons (Fsp3) is 0.360. The van der Waals surface area contributed by atoms with Crippen LogP contribution in [-0.4, -0.2) is 47.9 Å². The molecule has 0 aliphatic heterocycles. The number of amides is 2. The van der Waals surface area contributed by atoms with Crippen LogP contribution in [0.5, 0.6) is 0 Å². The van der Waals surface area contributed by atoms with Gasteiger partial charge in [0.15, 0.2) is 5.76 Å². The molecule has 4 aromatic rings. The lowest BCUT2D eigenvalue weighted by molar-refractivity contribution is -0.143. The van der Waals surface area contributed by atoms with Gasteiger partial charge in [0.25, 0.3) is 0 Å². The smallest absolute Gasteiger partial charge is 0.247 e. The van der Waals surface area contributed by atoms with E-state index < -0.39 is 6.04 Å². The van der Waals surface area contributed by atoms with E-state index in [-0.39, 0.29) is 36.8 Å². The number of nitrogens with zero attached hydrogens (tertiary/aromatic N) is 6. The molecule has 1 atom stereocenters. The molecule has 1 N–H and O–H groups in total. The van der Waals surface area contributed by atoms with Gasteiger partial charge in [-0.15, -0.1) is 10.2 Å². The molecule has 0 aromatic carbocycles. The highest BCUT2D eigenvalue weighted by Crippen LogP contribution is 2.26. The van der Waals surface area contributed by atoms with Crippen LogP contribution in [0.3, 0.4) is 0 Å². The summed E-state index contributed by atoms with van der Waals surface area (Å²) >= 11 is 0. The van der Waals surface area contributed by atoms with Crippen LogP contribution < -0.4 is 5.32 Å². The van der Waals surface area contributed by atoms with Crippen LogP contribution in [0.25, 0.3) is 11.6 Å². The Bertz CT molecular complexity index is 1290. The van der Waals surface area contributed by atoms with Gasteiger partial charge in [-0.3, -0.25) is 14.6 Å². The Morgan fingerprint density at radius 2 is 1.97 bits per heavy atom. The quantitative estimate of drug-likeness (QED) is 0.379. The van der Waals surface area contributed by atoms with Crippen LogP contribution in [0.1, 0.15) is 48.8 Å². The van der Waals surface area contributed by atoms with E-state index in [1.165, 1.54) is 16.0 Å². The number of carbonyl (C=O) groups excluding carboxylic acids is 2. The molecule has 1 fully saturated rings. The lowest BCUT2D eigenvalue weighted by Gasteiger charge is -2.31. The summed E-state index contributed by atoms with van der Waals surface area (Å²) in [5.41, 5.74) is 0.652. The zero-order chi connectivity index (χ0) is 24.9. The van der Waals surface area contributed by atoms with Gasteiger partial charge in [-0.25, -0.2) is 0 Å².